The Morgan fingerprint density at radius 2 is 1.48 bits per heavy atom. The van der Waals surface area contributed by atoms with Gasteiger partial charge >= 0.3 is 0 Å². The molecule has 0 fully saturated rings. The second-order valence-electron chi connectivity index (χ2n) is 6.10. The van der Waals surface area contributed by atoms with Gasteiger partial charge < -0.3 is 4.74 Å². The Morgan fingerprint density at radius 1 is 0.852 bits per heavy atom. The van der Waals surface area contributed by atoms with E-state index in [1.165, 1.54) is 5.56 Å². The molecule has 0 aliphatic carbocycles. The van der Waals surface area contributed by atoms with Crippen molar-refractivity contribution in [2.24, 2.45) is 0 Å². The molecule has 0 saturated carbocycles. The van der Waals surface area contributed by atoms with Gasteiger partial charge in [0, 0.05) is 28.8 Å². The van der Waals surface area contributed by atoms with Gasteiger partial charge in [-0.3, -0.25) is 4.79 Å². The zero-order valence-corrected chi connectivity index (χ0v) is 16.1. The zero-order valence-electron chi connectivity index (χ0n) is 15.3. The van der Waals surface area contributed by atoms with E-state index in [1.54, 1.807) is 18.4 Å². The van der Waals surface area contributed by atoms with Crippen LogP contribution in [0.2, 0.25) is 0 Å². The lowest BCUT2D eigenvalue weighted by atomic mass is 10.0. The molecule has 2 aromatic carbocycles. The zero-order chi connectivity index (χ0) is 18.9. The number of Topliss-reactive ketones (excluding diaryl/α,β-unsaturated/α-hetero) is 1. The lowest BCUT2D eigenvalue weighted by Crippen LogP contribution is -2.05. The summed E-state index contributed by atoms with van der Waals surface area (Å²) in [6.45, 7) is 0. The van der Waals surface area contributed by atoms with E-state index >= 15 is 0 Å². The van der Waals surface area contributed by atoms with Gasteiger partial charge in [-0.05, 0) is 17.0 Å². The van der Waals surface area contributed by atoms with Crippen LogP contribution in [0.5, 0.6) is 5.75 Å². The number of hydrogen-bond donors (Lipinski definition) is 0. The monoisotopic (exact) mass is 374 g/mol. The maximum atomic E-state index is 12.8. The van der Waals surface area contributed by atoms with Gasteiger partial charge in [0.2, 0.25) is 0 Å². The van der Waals surface area contributed by atoms with Crippen LogP contribution >= 0.6 is 11.3 Å². The molecule has 3 heteroatoms. The minimum atomic E-state index is 0.111. The number of ketones is 1. The van der Waals surface area contributed by atoms with Crippen molar-refractivity contribution in [3.8, 4) is 5.75 Å². The third kappa shape index (κ3) is 5.28. The lowest BCUT2D eigenvalue weighted by Gasteiger charge is -2.11. The molecular formula is C24H22O2S. The summed E-state index contributed by atoms with van der Waals surface area (Å²) in [5, 5.41) is 2.02. The lowest BCUT2D eigenvalue weighted by molar-refractivity contribution is 0.0993. The van der Waals surface area contributed by atoms with Crippen molar-refractivity contribution in [2.45, 2.75) is 12.8 Å². The summed E-state index contributed by atoms with van der Waals surface area (Å²) in [4.78, 5) is 13.9. The van der Waals surface area contributed by atoms with Gasteiger partial charge in [-0.2, -0.15) is 0 Å². The average Bonchev–Trinajstić information content (AvgIpc) is 2.81. The third-order valence-corrected chi connectivity index (χ3v) is 5.22. The highest BCUT2D eigenvalue weighted by molar-refractivity contribution is 7.09. The van der Waals surface area contributed by atoms with E-state index < -0.39 is 0 Å². The summed E-state index contributed by atoms with van der Waals surface area (Å²) >= 11 is 1.59. The first-order chi connectivity index (χ1) is 13.3. The van der Waals surface area contributed by atoms with Crippen molar-refractivity contribution in [3.63, 3.8) is 0 Å². The second kappa shape index (κ2) is 9.70. The molecular weight excluding hydrogens is 352 g/mol. The summed E-state index contributed by atoms with van der Waals surface area (Å²) in [7, 11) is 1.68. The van der Waals surface area contributed by atoms with E-state index in [9.17, 15) is 4.79 Å². The van der Waals surface area contributed by atoms with E-state index in [0.29, 0.717) is 12.8 Å². The molecule has 27 heavy (non-hydrogen) atoms. The summed E-state index contributed by atoms with van der Waals surface area (Å²) in [5.74, 6) is 0.905. The first kappa shape index (κ1) is 18.9. The Balaban J connectivity index is 2.07. The van der Waals surface area contributed by atoms with E-state index in [4.69, 9.17) is 4.74 Å². The summed E-state index contributed by atoms with van der Waals surface area (Å²) in [6, 6.07) is 27.6. The maximum Gasteiger partial charge on any atom is 0.168 e. The molecule has 1 aromatic heterocycles. The predicted octanol–water partition coefficient (Wildman–Crippen LogP) is 5.90. The highest BCUT2D eigenvalue weighted by Gasteiger charge is 2.14. The van der Waals surface area contributed by atoms with Crippen molar-refractivity contribution in [1.82, 2.24) is 0 Å². The molecule has 1 heterocycles. The van der Waals surface area contributed by atoms with Crippen LogP contribution in [0.1, 0.15) is 26.4 Å². The van der Waals surface area contributed by atoms with Crippen molar-refractivity contribution in [3.05, 3.63) is 112 Å². The van der Waals surface area contributed by atoms with Crippen molar-refractivity contribution < 1.29 is 9.53 Å². The van der Waals surface area contributed by atoms with E-state index in [1.807, 2.05) is 78.2 Å². The number of rotatable bonds is 6. The van der Waals surface area contributed by atoms with Crippen LogP contribution in [0.25, 0.3) is 0 Å². The standard InChI is InChI=1S/C24H22O2S/c1-26-23-15-9-4-10-16-27-24(18-22(25)20-13-7-3-8-14-20)21(23)17-19-11-5-2-6-12-19/h2-16H,17-18H2,1H3. The Morgan fingerprint density at radius 3 is 2.19 bits per heavy atom. The number of hydrogen-bond acceptors (Lipinski definition) is 3. The second-order valence-corrected chi connectivity index (χ2v) is 7.10. The summed E-state index contributed by atoms with van der Waals surface area (Å²) < 4.78 is 5.68. The van der Waals surface area contributed by atoms with Crippen molar-refractivity contribution >= 4 is 17.1 Å². The third-order valence-electron chi connectivity index (χ3n) is 4.25. The molecule has 0 unspecified atom stereocenters. The molecule has 0 aliphatic rings. The van der Waals surface area contributed by atoms with Gasteiger partial charge in [0.05, 0.1) is 7.11 Å². The highest BCUT2D eigenvalue weighted by Crippen LogP contribution is 2.27. The largest absolute Gasteiger partial charge is 0.496 e. The molecule has 0 atom stereocenters. The topological polar surface area (TPSA) is 26.3 Å². The number of benzene rings is 2. The minimum absolute atomic E-state index is 0.111. The quantitative estimate of drug-likeness (QED) is 0.502. The Kier molecular flexibility index (Phi) is 6.78. The molecule has 0 amide bonds. The first-order valence-electron chi connectivity index (χ1n) is 8.86. The van der Waals surface area contributed by atoms with Crippen LogP contribution in [-0.4, -0.2) is 12.9 Å². The Labute approximate surface area is 164 Å². The molecule has 3 aromatic rings. The normalized spacial score (nSPS) is 10.1. The average molecular weight is 375 g/mol. The van der Waals surface area contributed by atoms with Gasteiger partial charge in [0.15, 0.2) is 5.78 Å². The minimum Gasteiger partial charge on any atom is -0.496 e. The van der Waals surface area contributed by atoms with E-state index in [0.717, 1.165) is 21.8 Å². The smallest absolute Gasteiger partial charge is 0.168 e. The fourth-order valence-electron chi connectivity index (χ4n) is 2.88. The number of ether oxygens (including phenoxy) is 1. The molecule has 136 valence electrons. The van der Waals surface area contributed by atoms with Crippen LogP contribution < -0.4 is 4.74 Å². The molecule has 0 aliphatic heterocycles. The number of carbonyl (C=O) groups is 1. The van der Waals surface area contributed by atoms with Crippen LogP contribution in [0.15, 0.2) is 90.3 Å². The van der Waals surface area contributed by atoms with Gasteiger partial charge in [0.1, 0.15) is 5.75 Å². The summed E-state index contributed by atoms with van der Waals surface area (Å²) in [6.07, 6.45) is 1.06. The summed E-state index contributed by atoms with van der Waals surface area (Å²) in [5.41, 5.74) is 2.97. The molecule has 0 spiro atoms. The van der Waals surface area contributed by atoms with Crippen LogP contribution in [0, 0.1) is 0 Å². The molecule has 0 N–H and O–H groups in total. The number of methoxy groups -OCH3 is 1. The van der Waals surface area contributed by atoms with Crippen LogP contribution in [0.3, 0.4) is 0 Å². The number of carbonyl (C=O) groups excluding carboxylic acids is 1. The van der Waals surface area contributed by atoms with E-state index in [-0.39, 0.29) is 5.78 Å². The fraction of sp³-hybridized carbons (Fsp3) is 0.125. The van der Waals surface area contributed by atoms with E-state index in [2.05, 4.69) is 12.1 Å². The Bertz CT molecular complexity index is 929. The molecule has 0 bridgehead atoms. The molecule has 0 radical (unpaired) electrons. The van der Waals surface area contributed by atoms with Gasteiger partial charge in [-0.25, -0.2) is 0 Å². The maximum absolute atomic E-state index is 12.8. The predicted molar refractivity (Wildman–Crippen MR) is 112 cm³/mol. The van der Waals surface area contributed by atoms with Crippen molar-refractivity contribution in [1.29, 1.82) is 0 Å². The van der Waals surface area contributed by atoms with Gasteiger partial charge in [0.25, 0.3) is 0 Å². The molecule has 3 rings (SSSR count). The van der Waals surface area contributed by atoms with Crippen LogP contribution in [0.4, 0.5) is 0 Å². The van der Waals surface area contributed by atoms with Gasteiger partial charge in [-0.1, -0.05) is 78.9 Å². The SMILES string of the molecule is COc1cccccsc(CC(=O)c2ccccc2)c1Cc1ccccc1. The first-order valence-corrected chi connectivity index (χ1v) is 9.74. The highest BCUT2D eigenvalue weighted by atomic mass is 32.1. The van der Waals surface area contributed by atoms with Gasteiger partial charge in [-0.15, -0.1) is 11.3 Å². The molecule has 0 saturated heterocycles. The molecule has 2 nitrogen and oxygen atoms in total. The Hall–Kier alpha value is -2.91. The van der Waals surface area contributed by atoms with Crippen molar-refractivity contribution in [2.75, 3.05) is 7.11 Å². The fourth-order valence-corrected chi connectivity index (χ4v) is 3.74. The van der Waals surface area contributed by atoms with Crippen LogP contribution in [-0.2, 0) is 12.8 Å².